The molecule has 0 radical (unpaired) electrons. The van der Waals surface area contributed by atoms with Gasteiger partial charge in [0, 0.05) is 61.5 Å². The zero-order valence-electron chi connectivity index (χ0n) is 21.5. The first-order valence-corrected chi connectivity index (χ1v) is 13.0. The van der Waals surface area contributed by atoms with E-state index in [1.54, 1.807) is 43.5 Å². The normalized spacial score (nSPS) is 14.2. The largest absolute Gasteiger partial charge is 0.493 e. The van der Waals surface area contributed by atoms with Crippen molar-refractivity contribution in [1.29, 1.82) is 0 Å². The van der Waals surface area contributed by atoms with Crippen LogP contribution in [0.3, 0.4) is 0 Å². The second-order valence-electron chi connectivity index (χ2n) is 8.93. The molecule has 2 amide bonds. The van der Waals surface area contributed by atoms with Crippen LogP contribution in [-0.4, -0.2) is 80.6 Å². The molecule has 0 spiro atoms. The molecule has 2 heterocycles. The van der Waals surface area contributed by atoms with Crippen LogP contribution in [0.2, 0.25) is 0 Å². The molecule has 1 aliphatic rings. The Balaban J connectivity index is 1.29. The summed E-state index contributed by atoms with van der Waals surface area (Å²) in [6.45, 7) is 5.66. The number of carbonyl (C=O) groups is 2. The fourth-order valence-corrected chi connectivity index (χ4v) is 4.87. The number of nitrogens with zero attached hydrogens (tertiary/aromatic N) is 3. The van der Waals surface area contributed by atoms with Gasteiger partial charge in [-0.15, -0.1) is 11.3 Å². The lowest BCUT2D eigenvalue weighted by atomic mass is 10.1. The van der Waals surface area contributed by atoms with Crippen LogP contribution in [0, 0.1) is 0 Å². The number of likely N-dealkylation sites (N-methyl/N-ethyl adjacent to an activating group) is 1. The number of hydrogen-bond acceptors (Lipinski definition) is 8. The molecular formula is C27H33N5O4S. The lowest BCUT2D eigenvalue weighted by Gasteiger charge is -2.32. The first kappa shape index (κ1) is 26.6. The zero-order chi connectivity index (χ0) is 26.2. The minimum Gasteiger partial charge on any atom is -0.493 e. The highest BCUT2D eigenvalue weighted by Crippen LogP contribution is 2.27. The summed E-state index contributed by atoms with van der Waals surface area (Å²) in [6, 6.07) is 12.2. The molecule has 3 aromatic rings. The number of hydrogen-bond donors (Lipinski definition) is 2. The van der Waals surface area contributed by atoms with Crippen LogP contribution in [-0.2, 0) is 13.0 Å². The molecule has 0 atom stereocenters. The quantitative estimate of drug-likeness (QED) is 0.422. The second-order valence-corrected chi connectivity index (χ2v) is 10.0. The van der Waals surface area contributed by atoms with Gasteiger partial charge < -0.3 is 24.6 Å². The third kappa shape index (κ3) is 7.28. The fourth-order valence-electron chi connectivity index (χ4n) is 4.07. The molecule has 0 saturated carbocycles. The van der Waals surface area contributed by atoms with E-state index in [9.17, 15) is 9.59 Å². The van der Waals surface area contributed by atoms with Crippen LogP contribution in [0.4, 0.5) is 5.13 Å². The van der Waals surface area contributed by atoms with Crippen molar-refractivity contribution in [1.82, 2.24) is 20.1 Å². The van der Waals surface area contributed by atoms with Crippen molar-refractivity contribution < 1.29 is 19.1 Å². The molecule has 2 aromatic carbocycles. The number of piperazine rings is 1. The molecule has 0 aliphatic carbocycles. The van der Waals surface area contributed by atoms with Gasteiger partial charge in [-0.1, -0.05) is 12.1 Å². The van der Waals surface area contributed by atoms with E-state index < -0.39 is 0 Å². The van der Waals surface area contributed by atoms with Crippen LogP contribution in [0.1, 0.15) is 31.2 Å². The summed E-state index contributed by atoms with van der Waals surface area (Å²) in [7, 11) is 5.22. The van der Waals surface area contributed by atoms with Gasteiger partial charge in [-0.3, -0.25) is 14.9 Å². The fraction of sp³-hybridized carbons (Fsp3) is 0.370. The van der Waals surface area contributed by atoms with Crippen molar-refractivity contribution in [3.63, 3.8) is 0 Å². The molecule has 0 unspecified atom stereocenters. The summed E-state index contributed by atoms with van der Waals surface area (Å²) in [5, 5.41) is 6.37. The summed E-state index contributed by atoms with van der Waals surface area (Å²) in [6.07, 6.45) is 2.77. The molecule has 196 valence electrons. The standard InChI is InChI=1S/C27H33N5O4S/c1-31-11-13-32(14-12-31)10-9-22-18-29-27(37-22)30-26(34)20-6-4-5-19(15-20)17-28-25(33)21-7-8-23(35-2)24(16-21)36-3/h4-8,15-16,18H,9-14,17H2,1-3H3,(H,28,33)(H,29,30,34). The maximum absolute atomic E-state index is 12.8. The Labute approximate surface area is 221 Å². The van der Waals surface area contributed by atoms with Crippen molar-refractivity contribution in [2.75, 3.05) is 59.3 Å². The predicted octanol–water partition coefficient (Wildman–Crippen LogP) is 3.13. The number of carbonyl (C=O) groups excluding carboxylic acids is 2. The van der Waals surface area contributed by atoms with Crippen molar-refractivity contribution in [2.24, 2.45) is 0 Å². The number of amides is 2. The molecule has 1 fully saturated rings. The van der Waals surface area contributed by atoms with Gasteiger partial charge in [0.25, 0.3) is 11.8 Å². The van der Waals surface area contributed by atoms with E-state index in [-0.39, 0.29) is 18.4 Å². The molecule has 0 bridgehead atoms. The third-order valence-electron chi connectivity index (χ3n) is 6.33. The van der Waals surface area contributed by atoms with Gasteiger partial charge in [-0.2, -0.15) is 0 Å². The maximum atomic E-state index is 12.8. The van der Waals surface area contributed by atoms with E-state index in [1.807, 2.05) is 12.3 Å². The minimum atomic E-state index is -0.248. The van der Waals surface area contributed by atoms with Crippen LogP contribution in [0.5, 0.6) is 11.5 Å². The van der Waals surface area contributed by atoms with Gasteiger partial charge in [-0.05, 0) is 49.4 Å². The van der Waals surface area contributed by atoms with E-state index in [4.69, 9.17) is 9.47 Å². The molecule has 9 nitrogen and oxygen atoms in total. The van der Waals surface area contributed by atoms with Gasteiger partial charge in [0.1, 0.15) is 0 Å². The van der Waals surface area contributed by atoms with Crippen molar-refractivity contribution in [3.8, 4) is 11.5 Å². The lowest BCUT2D eigenvalue weighted by Crippen LogP contribution is -2.45. The Morgan fingerprint density at radius 1 is 0.973 bits per heavy atom. The van der Waals surface area contributed by atoms with Crippen LogP contribution in [0.15, 0.2) is 48.7 Å². The van der Waals surface area contributed by atoms with Crippen molar-refractivity contribution >= 4 is 28.3 Å². The topological polar surface area (TPSA) is 96.0 Å². The zero-order valence-corrected chi connectivity index (χ0v) is 22.3. The molecule has 2 N–H and O–H groups in total. The Kier molecular flexibility index (Phi) is 9.10. The predicted molar refractivity (Wildman–Crippen MR) is 145 cm³/mol. The second kappa shape index (κ2) is 12.7. The summed E-state index contributed by atoms with van der Waals surface area (Å²) in [5.41, 5.74) is 1.78. The molecule has 4 rings (SSSR count). The van der Waals surface area contributed by atoms with E-state index >= 15 is 0 Å². The third-order valence-corrected chi connectivity index (χ3v) is 7.30. The van der Waals surface area contributed by atoms with Gasteiger partial charge in [0.2, 0.25) is 0 Å². The number of thiazole rings is 1. The van der Waals surface area contributed by atoms with Crippen LogP contribution in [0.25, 0.3) is 0 Å². The minimum absolute atomic E-state index is 0.229. The summed E-state index contributed by atoms with van der Waals surface area (Å²) in [5.74, 6) is 0.564. The number of rotatable bonds is 10. The van der Waals surface area contributed by atoms with Crippen molar-refractivity contribution in [2.45, 2.75) is 13.0 Å². The monoisotopic (exact) mass is 523 g/mol. The average molecular weight is 524 g/mol. The van der Waals surface area contributed by atoms with E-state index in [0.717, 1.165) is 49.6 Å². The van der Waals surface area contributed by atoms with Gasteiger partial charge in [0.15, 0.2) is 16.6 Å². The van der Waals surface area contributed by atoms with Crippen molar-refractivity contribution in [3.05, 3.63) is 70.2 Å². The van der Waals surface area contributed by atoms with E-state index in [0.29, 0.717) is 27.8 Å². The Morgan fingerprint density at radius 2 is 1.73 bits per heavy atom. The first-order valence-electron chi connectivity index (χ1n) is 12.2. The van der Waals surface area contributed by atoms with Gasteiger partial charge in [0.05, 0.1) is 14.2 Å². The van der Waals surface area contributed by atoms with Crippen LogP contribution >= 0.6 is 11.3 Å². The summed E-state index contributed by atoms with van der Waals surface area (Å²) < 4.78 is 10.5. The smallest absolute Gasteiger partial charge is 0.257 e. The molecular weight excluding hydrogens is 490 g/mol. The Bertz CT molecular complexity index is 1220. The highest BCUT2D eigenvalue weighted by molar-refractivity contribution is 7.15. The maximum Gasteiger partial charge on any atom is 0.257 e. The van der Waals surface area contributed by atoms with Gasteiger partial charge >= 0.3 is 0 Å². The highest BCUT2D eigenvalue weighted by Gasteiger charge is 2.15. The highest BCUT2D eigenvalue weighted by atomic mass is 32.1. The number of anilines is 1. The number of nitrogens with one attached hydrogen (secondary N) is 2. The Morgan fingerprint density at radius 3 is 2.49 bits per heavy atom. The summed E-state index contributed by atoms with van der Waals surface area (Å²) in [4.78, 5) is 35.8. The molecule has 1 saturated heterocycles. The van der Waals surface area contributed by atoms with E-state index in [2.05, 4.69) is 32.5 Å². The lowest BCUT2D eigenvalue weighted by molar-refractivity contribution is 0.0950. The summed E-state index contributed by atoms with van der Waals surface area (Å²) >= 11 is 1.51. The SMILES string of the molecule is COc1ccc(C(=O)NCc2cccc(C(=O)Nc3ncc(CCN4CCN(C)CC4)s3)c2)cc1OC. The molecule has 10 heteroatoms. The molecule has 1 aliphatic heterocycles. The van der Waals surface area contributed by atoms with Gasteiger partial charge in [-0.25, -0.2) is 4.98 Å². The van der Waals surface area contributed by atoms with Crippen LogP contribution < -0.4 is 20.1 Å². The van der Waals surface area contributed by atoms with E-state index in [1.165, 1.54) is 18.4 Å². The Hall–Kier alpha value is -3.47. The number of aromatic nitrogens is 1. The molecule has 37 heavy (non-hydrogen) atoms. The average Bonchev–Trinajstić information content (AvgIpc) is 3.38. The number of methoxy groups -OCH3 is 2. The first-order chi connectivity index (χ1) is 17.9. The number of benzene rings is 2. The number of ether oxygens (including phenoxy) is 2. The molecule has 1 aromatic heterocycles.